The first-order chi connectivity index (χ1) is 4.66. The first kappa shape index (κ1) is 9.59. The molecule has 60 valence electrons. The van der Waals surface area contributed by atoms with Crippen LogP contribution in [0.4, 0.5) is 0 Å². The van der Waals surface area contributed by atoms with E-state index in [2.05, 4.69) is 7.05 Å². The lowest BCUT2D eigenvalue weighted by atomic mass is 10.3. The molecule has 0 spiro atoms. The van der Waals surface area contributed by atoms with Crippen LogP contribution in [0, 0.1) is 7.05 Å². The van der Waals surface area contributed by atoms with Crippen LogP contribution in [-0.4, -0.2) is 30.3 Å². The maximum Gasteiger partial charge on any atom is 0.131 e. The number of carbonyl (C=O) groups excluding carboxylic acids is 1. The van der Waals surface area contributed by atoms with Gasteiger partial charge in [0.25, 0.3) is 0 Å². The highest BCUT2D eigenvalue weighted by Gasteiger charge is 1.93. The Kier molecular flexibility index (Phi) is 5.16. The second-order valence-corrected chi connectivity index (χ2v) is 2.36. The van der Waals surface area contributed by atoms with Gasteiger partial charge in [0.1, 0.15) is 5.78 Å². The van der Waals surface area contributed by atoms with Crippen molar-refractivity contribution in [1.82, 2.24) is 4.90 Å². The van der Waals surface area contributed by atoms with E-state index in [0.717, 1.165) is 6.54 Å². The van der Waals surface area contributed by atoms with Gasteiger partial charge >= 0.3 is 0 Å². The van der Waals surface area contributed by atoms with Crippen molar-refractivity contribution in [3.05, 3.63) is 7.05 Å². The Hall–Kier alpha value is -0.410. The van der Waals surface area contributed by atoms with Crippen molar-refractivity contribution < 1.29 is 4.79 Å². The molecular weight excluding hydrogens is 128 g/mol. The van der Waals surface area contributed by atoms with Gasteiger partial charge in [-0.25, -0.2) is 0 Å². The van der Waals surface area contributed by atoms with E-state index in [9.17, 15) is 4.79 Å². The Balaban J connectivity index is 3.21. The second kappa shape index (κ2) is 5.38. The molecule has 0 bridgehead atoms. The van der Waals surface area contributed by atoms with Crippen LogP contribution >= 0.6 is 0 Å². The Morgan fingerprint density at radius 3 is 2.60 bits per heavy atom. The van der Waals surface area contributed by atoms with E-state index in [1.165, 1.54) is 0 Å². The quantitative estimate of drug-likeness (QED) is 0.552. The third-order valence-corrected chi connectivity index (χ3v) is 1.23. The number of nitrogens with zero attached hydrogens (tertiary/aromatic N) is 1. The van der Waals surface area contributed by atoms with Crippen molar-refractivity contribution in [2.45, 2.75) is 13.3 Å². The Labute approximate surface area is 62.2 Å². The Bertz CT molecular complexity index is 104. The summed E-state index contributed by atoms with van der Waals surface area (Å²) in [5.41, 5.74) is 5.27. The number of nitrogens with two attached hydrogens (primary N) is 1. The fraction of sp³-hybridized carbons (Fsp3) is 0.714. The van der Waals surface area contributed by atoms with Crippen molar-refractivity contribution in [2.24, 2.45) is 5.73 Å². The molecule has 0 heterocycles. The third kappa shape index (κ3) is 5.72. The molecule has 0 fully saturated rings. The van der Waals surface area contributed by atoms with E-state index >= 15 is 0 Å². The lowest BCUT2D eigenvalue weighted by Crippen LogP contribution is -2.25. The van der Waals surface area contributed by atoms with Crippen LogP contribution in [-0.2, 0) is 4.79 Å². The highest BCUT2D eigenvalue weighted by molar-refractivity contribution is 5.75. The van der Waals surface area contributed by atoms with E-state index < -0.39 is 0 Å². The van der Waals surface area contributed by atoms with E-state index in [4.69, 9.17) is 5.73 Å². The minimum Gasteiger partial charge on any atom is -0.458 e. The van der Waals surface area contributed by atoms with E-state index in [-0.39, 0.29) is 5.78 Å². The van der Waals surface area contributed by atoms with Gasteiger partial charge < -0.3 is 10.6 Å². The van der Waals surface area contributed by atoms with Gasteiger partial charge in [-0.15, -0.1) is 0 Å². The summed E-state index contributed by atoms with van der Waals surface area (Å²) in [6, 6.07) is 0. The van der Waals surface area contributed by atoms with Gasteiger partial charge in [-0.2, -0.15) is 0 Å². The molecule has 0 saturated heterocycles. The minimum absolute atomic E-state index is 0.200. The number of rotatable bonds is 5. The number of ketones is 1. The van der Waals surface area contributed by atoms with Gasteiger partial charge in [0.05, 0.1) is 0 Å². The fourth-order valence-electron chi connectivity index (χ4n) is 0.610. The van der Waals surface area contributed by atoms with Gasteiger partial charge in [0, 0.05) is 13.0 Å². The van der Waals surface area contributed by atoms with E-state index in [1.807, 2.05) is 0 Å². The zero-order valence-electron chi connectivity index (χ0n) is 6.47. The summed E-state index contributed by atoms with van der Waals surface area (Å²) in [5.74, 6) is 0.200. The van der Waals surface area contributed by atoms with Gasteiger partial charge in [-0.3, -0.25) is 11.8 Å². The summed E-state index contributed by atoms with van der Waals surface area (Å²) in [5, 5.41) is 0. The number of hydrogen-bond acceptors (Lipinski definition) is 3. The van der Waals surface area contributed by atoms with Crippen LogP contribution in [0.25, 0.3) is 0 Å². The average Bonchev–Trinajstić information content (AvgIpc) is 1.85. The van der Waals surface area contributed by atoms with Gasteiger partial charge in [-0.1, -0.05) is 0 Å². The SMILES string of the molecule is [CH2-]N(CCN)CCC(C)=O. The summed E-state index contributed by atoms with van der Waals surface area (Å²) in [7, 11) is 3.70. The van der Waals surface area contributed by atoms with E-state index in [0.29, 0.717) is 19.5 Å². The highest BCUT2D eigenvalue weighted by Crippen LogP contribution is 1.87. The molecule has 0 aliphatic carbocycles. The van der Waals surface area contributed by atoms with Crippen LogP contribution in [0.3, 0.4) is 0 Å². The topological polar surface area (TPSA) is 46.3 Å². The lowest BCUT2D eigenvalue weighted by molar-refractivity contribution is -0.117. The van der Waals surface area contributed by atoms with Gasteiger partial charge in [0.15, 0.2) is 0 Å². The van der Waals surface area contributed by atoms with Crippen LogP contribution in [0.15, 0.2) is 0 Å². The average molecular weight is 143 g/mol. The Morgan fingerprint density at radius 1 is 1.60 bits per heavy atom. The normalized spacial score (nSPS) is 10.4. The molecule has 0 atom stereocenters. The third-order valence-electron chi connectivity index (χ3n) is 1.23. The van der Waals surface area contributed by atoms with Crippen molar-refractivity contribution in [3.63, 3.8) is 0 Å². The first-order valence-corrected chi connectivity index (χ1v) is 3.41. The maximum atomic E-state index is 10.5. The van der Waals surface area contributed by atoms with Crippen LogP contribution in [0.2, 0.25) is 0 Å². The molecule has 0 unspecified atom stereocenters. The molecule has 2 N–H and O–H groups in total. The maximum absolute atomic E-state index is 10.5. The predicted molar refractivity (Wildman–Crippen MR) is 41.3 cm³/mol. The molecule has 0 saturated carbocycles. The van der Waals surface area contributed by atoms with Crippen molar-refractivity contribution in [1.29, 1.82) is 0 Å². The van der Waals surface area contributed by atoms with Gasteiger partial charge in [-0.05, 0) is 20.0 Å². The molecule has 0 aromatic heterocycles. The molecule has 3 nitrogen and oxygen atoms in total. The second-order valence-electron chi connectivity index (χ2n) is 2.36. The molecule has 3 heteroatoms. The minimum atomic E-state index is 0.200. The van der Waals surface area contributed by atoms with Crippen LogP contribution < -0.4 is 5.73 Å². The summed E-state index contributed by atoms with van der Waals surface area (Å²) in [6.45, 7) is 3.65. The lowest BCUT2D eigenvalue weighted by Gasteiger charge is -2.22. The Morgan fingerprint density at radius 2 is 2.20 bits per heavy atom. The molecule has 0 aromatic rings. The van der Waals surface area contributed by atoms with Gasteiger partial charge in [0.2, 0.25) is 0 Å². The zero-order chi connectivity index (χ0) is 7.98. The molecule has 0 amide bonds. The van der Waals surface area contributed by atoms with Crippen molar-refractivity contribution in [3.8, 4) is 0 Å². The first-order valence-electron chi connectivity index (χ1n) is 3.41. The fourth-order valence-corrected chi connectivity index (χ4v) is 0.610. The monoisotopic (exact) mass is 143 g/mol. The van der Waals surface area contributed by atoms with Crippen molar-refractivity contribution in [2.75, 3.05) is 19.6 Å². The molecule has 0 radical (unpaired) electrons. The summed E-state index contributed by atoms with van der Waals surface area (Å²) in [4.78, 5) is 12.3. The molecular formula is C7H15N2O-. The zero-order valence-corrected chi connectivity index (χ0v) is 6.47. The number of hydrogen-bond donors (Lipinski definition) is 1. The summed E-state index contributed by atoms with van der Waals surface area (Å²) >= 11 is 0. The molecule has 0 aliphatic heterocycles. The summed E-state index contributed by atoms with van der Waals surface area (Å²) < 4.78 is 0. The number of carbonyl (C=O) groups is 1. The van der Waals surface area contributed by atoms with Crippen LogP contribution in [0.5, 0.6) is 0 Å². The van der Waals surface area contributed by atoms with E-state index in [1.54, 1.807) is 11.8 Å². The largest absolute Gasteiger partial charge is 0.458 e. The summed E-state index contributed by atoms with van der Waals surface area (Å²) in [6.07, 6.45) is 0.573. The molecule has 10 heavy (non-hydrogen) atoms. The smallest absolute Gasteiger partial charge is 0.131 e. The molecule has 0 aliphatic rings. The highest BCUT2D eigenvalue weighted by atomic mass is 16.1. The predicted octanol–water partition coefficient (Wildman–Crippen LogP) is 0.0178. The molecule has 0 aromatic carbocycles. The number of Topliss-reactive ketones (excluding diaryl/α,β-unsaturated/α-hetero) is 1. The van der Waals surface area contributed by atoms with Crippen LogP contribution in [0.1, 0.15) is 13.3 Å². The standard InChI is InChI=1S/C7H15N2O/c1-7(10)3-5-9(2)6-4-8/h2-6,8H2,1H3/q-1. The van der Waals surface area contributed by atoms with Crippen molar-refractivity contribution >= 4 is 5.78 Å². The molecule has 0 rings (SSSR count).